The number of carbonyl (C=O) groups is 1. The van der Waals surface area contributed by atoms with Crippen LogP contribution in [-0.4, -0.2) is 31.7 Å². The van der Waals surface area contributed by atoms with Crippen molar-refractivity contribution in [1.29, 1.82) is 0 Å². The molecule has 22 heavy (non-hydrogen) atoms. The summed E-state index contributed by atoms with van der Waals surface area (Å²) in [5.41, 5.74) is 5.96. The third-order valence-corrected chi connectivity index (χ3v) is 4.49. The zero-order valence-corrected chi connectivity index (χ0v) is 15.2. The molecule has 0 heterocycles. The number of carbonyl (C=O) groups excluding carboxylic acids is 1. The normalized spacial score (nSPS) is 11.2. The number of benzene rings is 1. The predicted molar refractivity (Wildman–Crippen MR) is 91.7 cm³/mol. The van der Waals surface area contributed by atoms with E-state index in [1.807, 2.05) is 20.8 Å². The van der Waals surface area contributed by atoms with E-state index in [2.05, 4.69) is 21.2 Å². The first kappa shape index (κ1) is 18.8. The summed E-state index contributed by atoms with van der Waals surface area (Å²) in [4.78, 5) is 12.5. The lowest BCUT2D eigenvalue weighted by Crippen LogP contribution is -2.52. The predicted octanol–water partition coefficient (Wildman–Crippen LogP) is 3.10. The zero-order chi connectivity index (χ0) is 16.8. The minimum Gasteiger partial charge on any atom is -0.493 e. The summed E-state index contributed by atoms with van der Waals surface area (Å²) in [5.74, 6) is 0.946. The third kappa shape index (κ3) is 4.14. The highest BCUT2D eigenvalue weighted by Gasteiger charge is 2.27. The van der Waals surface area contributed by atoms with Gasteiger partial charge in [-0.2, -0.15) is 0 Å². The Labute approximate surface area is 140 Å². The molecule has 1 aromatic carbocycles. The van der Waals surface area contributed by atoms with Crippen LogP contribution in [0.25, 0.3) is 0 Å². The van der Waals surface area contributed by atoms with Crippen LogP contribution < -0.4 is 20.5 Å². The Morgan fingerprint density at radius 1 is 1.32 bits per heavy atom. The summed E-state index contributed by atoms with van der Waals surface area (Å²) in [6, 6.07) is 3.41. The first-order valence-corrected chi connectivity index (χ1v) is 8.29. The molecule has 0 fully saturated rings. The number of ether oxygens (including phenoxy) is 2. The molecule has 0 saturated heterocycles. The number of hydrogen-bond acceptors (Lipinski definition) is 4. The largest absolute Gasteiger partial charge is 0.493 e. The maximum Gasteiger partial charge on any atom is 0.251 e. The van der Waals surface area contributed by atoms with Gasteiger partial charge in [0.15, 0.2) is 11.5 Å². The van der Waals surface area contributed by atoms with Crippen molar-refractivity contribution in [3.63, 3.8) is 0 Å². The number of hydrogen-bond donors (Lipinski definition) is 2. The van der Waals surface area contributed by atoms with E-state index in [9.17, 15) is 4.79 Å². The minimum atomic E-state index is -0.380. The van der Waals surface area contributed by atoms with Gasteiger partial charge in [0.1, 0.15) is 0 Å². The molecular weight excluding hydrogens is 348 g/mol. The van der Waals surface area contributed by atoms with Crippen molar-refractivity contribution in [3.05, 3.63) is 22.2 Å². The summed E-state index contributed by atoms with van der Waals surface area (Å²) < 4.78 is 11.5. The molecule has 0 bridgehead atoms. The molecule has 6 heteroatoms. The summed E-state index contributed by atoms with van der Waals surface area (Å²) in [6.07, 6.45) is 1.56. The highest BCUT2D eigenvalue weighted by Crippen LogP contribution is 2.36. The van der Waals surface area contributed by atoms with E-state index in [1.165, 1.54) is 0 Å². The van der Waals surface area contributed by atoms with Gasteiger partial charge in [-0.25, -0.2) is 0 Å². The Balaban J connectivity index is 3.11. The fourth-order valence-electron chi connectivity index (χ4n) is 2.21. The highest BCUT2D eigenvalue weighted by molar-refractivity contribution is 9.10. The SMILES string of the molecule is CCOc1c(Br)cc(C(=O)NC(CC)(CC)CN)cc1OC. The Bertz CT molecular complexity index is 508. The Morgan fingerprint density at radius 3 is 2.41 bits per heavy atom. The monoisotopic (exact) mass is 372 g/mol. The molecule has 0 radical (unpaired) electrons. The topological polar surface area (TPSA) is 73.6 Å². The van der Waals surface area contributed by atoms with E-state index in [-0.39, 0.29) is 11.4 Å². The second kappa shape index (κ2) is 8.39. The molecule has 0 spiro atoms. The number of halogens is 1. The van der Waals surface area contributed by atoms with Crippen molar-refractivity contribution in [2.75, 3.05) is 20.3 Å². The molecule has 0 unspecified atom stereocenters. The van der Waals surface area contributed by atoms with Crippen LogP contribution in [0.1, 0.15) is 44.0 Å². The first-order valence-electron chi connectivity index (χ1n) is 7.49. The van der Waals surface area contributed by atoms with Crippen LogP contribution in [0.2, 0.25) is 0 Å². The van der Waals surface area contributed by atoms with Gasteiger partial charge in [0, 0.05) is 12.1 Å². The molecule has 0 aromatic heterocycles. The Kier molecular flexibility index (Phi) is 7.16. The minimum absolute atomic E-state index is 0.170. The number of methoxy groups -OCH3 is 1. The van der Waals surface area contributed by atoms with E-state index in [0.717, 1.165) is 12.8 Å². The average molecular weight is 373 g/mol. The van der Waals surface area contributed by atoms with Gasteiger partial charge in [-0.05, 0) is 47.8 Å². The molecule has 0 saturated carbocycles. The number of nitrogens with two attached hydrogens (primary N) is 1. The van der Waals surface area contributed by atoms with Gasteiger partial charge in [0.2, 0.25) is 0 Å². The third-order valence-electron chi connectivity index (χ3n) is 3.90. The van der Waals surface area contributed by atoms with Gasteiger partial charge in [-0.15, -0.1) is 0 Å². The molecule has 1 rings (SSSR count). The van der Waals surface area contributed by atoms with Crippen LogP contribution in [-0.2, 0) is 0 Å². The van der Waals surface area contributed by atoms with Crippen LogP contribution >= 0.6 is 15.9 Å². The van der Waals surface area contributed by atoms with E-state index in [4.69, 9.17) is 15.2 Å². The summed E-state index contributed by atoms with van der Waals surface area (Å²) in [5, 5.41) is 3.04. The molecule has 5 nitrogen and oxygen atoms in total. The molecule has 0 aliphatic rings. The molecule has 0 aliphatic heterocycles. The van der Waals surface area contributed by atoms with Gasteiger partial charge < -0.3 is 20.5 Å². The lowest BCUT2D eigenvalue weighted by molar-refractivity contribution is 0.0894. The number of rotatable bonds is 8. The fraction of sp³-hybridized carbons (Fsp3) is 0.562. The van der Waals surface area contributed by atoms with Crippen molar-refractivity contribution >= 4 is 21.8 Å². The maximum atomic E-state index is 12.5. The van der Waals surface area contributed by atoms with Gasteiger partial charge in [0.05, 0.1) is 23.7 Å². The molecule has 0 aliphatic carbocycles. The molecule has 0 atom stereocenters. The van der Waals surface area contributed by atoms with Crippen molar-refractivity contribution in [2.45, 2.75) is 39.2 Å². The summed E-state index contributed by atoms with van der Waals surface area (Å²) >= 11 is 3.43. The van der Waals surface area contributed by atoms with Crippen molar-refractivity contribution in [2.24, 2.45) is 5.73 Å². The average Bonchev–Trinajstić information content (AvgIpc) is 2.54. The molecule has 3 N–H and O–H groups in total. The van der Waals surface area contributed by atoms with Gasteiger partial charge in [-0.1, -0.05) is 13.8 Å². The smallest absolute Gasteiger partial charge is 0.251 e. The van der Waals surface area contributed by atoms with Gasteiger partial charge >= 0.3 is 0 Å². The molecule has 1 aromatic rings. The van der Waals surface area contributed by atoms with E-state index in [0.29, 0.717) is 34.7 Å². The Morgan fingerprint density at radius 2 is 1.95 bits per heavy atom. The second-order valence-electron chi connectivity index (χ2n) is 5.07. The summed E-state index contributed by atoms with van der Waals surface area (Å²) in [6.45, 7) is 6.85. The van der Waals surface area contributed by atoms with E-state index in [1.54, 1.807) is 19.2 Å². The maximum absolute atomic E-state index is 12.5. The van der Waals surface area contributed by atoms with Gasteiger partial charge in [0.25, 0.3) is 5.91 Å². The highest BCUT2D eigenvalue weighted by atomic mass is 79.9. The van der Waals surface area contributed by atoms with Crippen LogP contribution in [0.15, 0.2) is 16.6 Å². The molecule has 1 amide bonds. The van der Waals surface area contributed by atoms with Crippen LogP contribution in [0, 0.1) is 0 Å². The van der Waals surface area contributed by atoms with Crippen molar-refractivity contribution in [1.82, 2.24) is 5.32 Å². The number of nitrogens with one attached hydrogen (secondary N) is 1. The molecular formula is C16H25BrN2O3. The fourth-order valence-corrected chi connectivity index (χ4v) is 2.77. The van der Waals surface area contributed by atoms with Crippen molar-refractivity contribution in [3.8, 4) is 11.5 Å². The summed E-state index contributed by atoms with van der Waals surface area (Å²) in [7, 11) is 1.55. The van der Waals surface area contributed by atoms with E-state index >= 15 is 0 Å². The quantitative estimate of drug-likeness (QED) is 0.735. The van der Waals surface area contributed by atoms with Gasteiger partial charge in [-0.3, -0.25) is 4.79 Å². The standard InChI is InChI=1S/C16H25BrN2O3/c1-5-16(6-2,10-18)19-15(20)11-8-12(17)14(22-7-3)13(9-11)21-4/h8-9H,5-7,10,18H2,1-4H3,(H,19,20). The molecule has 124 valence electrons. The van der Waals surface area contributed by atoms with Crippen LogP contribution in [0.5, 0.6) is 11.5 Å². The second-order valence-corrected chi connectivity index (χ2v) is 5.92. The first-order chi connectivity index (χ1) is 10.5. The lowest BCUT2D eigenvalue weighted by Gasteiger charge is -2.31. The Hall–Kier alpha value is -1.27. The van der Waals surface area contributed by atoms with Crippen molar-refractivity contribution < 1.29 is 14.3 Å². The number of amides is 1. The van der Waals surface area contributed by atoms with Crippen LogP contribution in [0.4, 0.5) is 0 Å². The zero-order valence-electron chi connectivity index (χ0n) is 13.7. The lowest BCUT2D eigenvalue weighted by atomic mass is 9.92. The van der Waals surface area contributed by atoms with Crippen LogP contribution in [0.3, 0.4) is 0 Å². The van der Waals surface area contributed by atoms with E-state index < -0.39 is 0 Å².